The Hall–Kier alpha value is -4.10. The van der Waals surface area contributed by atoms with Gasteiger partial charge in [0.1, 0.15) is 24.4 Å². The van der Waals surface area contributed by atoms with Crippen LogP contribution in [0.25, 0.3) is 0 Å². The Morgan fingerprint density at radius 2 is 2.08 bits per heavy atom. The third-order valence-electron chi connectivity index (χ3n) is 7.11. The first-order valence-electron chi connectivity index (χ1n) is 13.4. The summed E-state index contributed by atoms with van der Waals surface area (Å²) in [5.74, 6) is 1.44. The zero-order chi connectivity index (χ0) is 27.9. The van der Waals surface area contributed by atoms with E-state index < -0.39 is 6.10 Å². The molecule has 5 rings (SSSR count). The van der Waals surface area contributed by atoms with E-state index in [-0.39, 0.29) is 36.7 Å². The lowest BCUT2D eigenvalue weighted by molar-refractivity contribution is -0.129. The minimum Gasteiger partial charge on any atom is -0.469 e. The van der Waals surface area contributed by atoms with Gasteiger partial charge in [0.2, 0.25) is 11.8 Å². The molecule has 2 aliphatic rings. The fourth-order valence-electron chi connectivity index (χ4n) is 4.92. The smallest absolute Gasteiger partial charge is 0.270 e. The van der Waals surface area contributed by atoms with Crippen LogP contribution in [0.5, 0.6) is 5.88 Å². The number of anilines is 1. The van der Waals surface area contributed by atoms with Crippen molar-refractivity contribution >= 4 is 17.6 Å². The number of carbonyl (C=O) groups excluding carboxylic acids is 2. The lowest BCUT2D eigenvalue weighted by atomic mass is 10.1. The summed E-state index contributed by atoms with van der Waals surface area (Å²) >= 11 is 0. The van der Waals surface area contributed by atoms with E-state index in [2.05, 4.69) is 35.5 Å². The maximum Gasteiger partial charge on any atom is 0.270 e. The zero-order valence-electron chi connectivity index (χ0n) is 22.5. The van der Waals surface area contributed by atoms with Crippen molar-refractivity contribution in [1.82, 2.24) is 35.1 Å². The number of fused-ring (bicyclic) bond motifs is 1. The molecule has 3 N–H and O–H groups in total. The lowest BCUT2D eigenvalue weighted by Gasteiger charge is -2.31. The van der Waals surface area contributed by atoms with E-state index >= 15 is 0 Å². The summed E-state index contributed by atoms with van der Waals surface area (Å²) < 4.78 is 10.9. The molecule has 0 radical (unpaired) electrons. The maximum absolute atomic E-state index is 12.7. The van der Waals surface area contributed by atoms with E-state index in [1.54, 1.807) is 19.2 Å². The highest BCUT2D eigenvalue weighted by Crippen LogP contribution is 2.21. The van der Waals surface area contributed by atoms with Crippen LogP contribution in [0, 0.1) is 0 Å². The number of aliphatic hydroxyl groups is 1. The quantitative estimate of drug-likeness (QED) is 0.331. The number of nitrogens with zero attached hydrogens (tertiary/aromatic N) is 6. The molecule has 2 aliphatic heterocycles. The van der Waals surface area contributed by atoms with Gasteiger partial charge < -0.3 is 29.8 Å². The third-order valence-corrected chi connectivity index (χ3v) is 7.11. The molecule has 1 saturated heterocycles. The van der Waals surface area contributed by atoms with Gasteiger partial charge in [0.25, 0.3) is 5.91 Å². The van der Waals surface area contributed by atoms with Crippen molar-refractivity contribution < 1.29 is 23.8 Å². The van der Waals surface area contributed by atoms with Gasteiger partial charge in [0.15, 0.2) is 12.2 Å². The number of ether oxygens (including phenoxy) is 1. The molecule has 0 unspecified atom stereocenters. The number of β-amino-alcohol motifs (C(OH)–C–C–N with tert-alkyl or cyclic N) is 1. The predicted octanol–water partition coefficient (Wildman–Crippen LogP) is 1.01. The monoisotopic (exact) mass is 550 g/mol. The van der Waals surface area contributed by atoms with E-state index in [1.165, 1.54) is 12.7 Å². The van der Waals surface area contributed by atoms with Crippen LogP contribution in [-0.2, 0) is 24.4 Å². The molecule has 2 amide bonds. The number of piperidine rings is 1. The molecule has 0 aromatic carbocycles. The largest absolute Gasteiger partial charge is 0.469 e. The molecule has 13 heteroatoms. The maximum atomic E-state index is 12.7. The number of hydrogen-bond donors (Lipinski definition) is 3. The van der Waals surface area contributed by atoms with Crippen molar-refractivity contribution in [3.63, 3.8) is 0 Å². The number of carbonyl (C=O) groups is 2. The second-order valence-electron chi connectivity index (χ2n) is 10.1. The summed E-state index contributed by atoms with van der Waals surface area (Å²) in [6.45, 7) is 5.16. The van der Waals surface area contributed by atoms with Gasteiger partial charge in [-0.15, -0.1) is 0 Å². The van der Waals surface area contributed by atoms with Crippen LogP contribution in [-0.4, -0.2) is 91.5 Å². The Morgan fingerprint density at radius 1 is 1.23 bits per heavy atom. The average molecular weight is 551 g/mol. The summed E-state index contributed by atoms with van der Waals surface area (Å²) in [7, 11) is 0. The first-order valence-corrected chi connectivity index (χ1v) is 13.4. The van der Waals surface area contributed by atoms with Gasteiger partial charge >= 0.3 is 0 Å². The normalized spacial score (nSPS) is 16.7. The summed E-state index contributed by atoms with van der Waals surface area (Å²) in [5.41, 5.74) is 2.29. The Morgan fingerprint density at radius 3 is 2.85 bits per heavy atom. The number of aromatic nitrogens is 4. The van der Waals surface area contributed by atoms with Crippen molar-refractivity contribution in [2.24, 2.45) is 0 Å². The van der Waals surface area contributed by atoms with Crippen LogP contribution in [0.3, 0.4) is 0 Å². The average Bonchev–Trinajstić information content (AvgIpc) is 3.49. The molecule has 13 nitrogen and oxygen atoms in total. The van der Waals surface area contributed by atoms with Crippen LogP contribution in [0.15, 0.2) is 41.5 Å². The molecule has 1 atom stereocenters. The Labute approximate surface area is 232 Å². The molecule has 3 aromatic heterocycles. The standard InChI is InChI=1S/C27H34N8O5/c1-18(36)35-8-4-20(5-9-35)32-25-10-24(30-16-31-25)27(38)29-11-21(37)14-34-7-6-23-19(13-34)2-3-26(33-23)39-15-22-12-28-17-40-22/h2-3,10,12,16-17,20-21,37H,4-9,11,13-15H2,1H3,(H,29,38)(H,30,31,32)/t21-/m0/s1. The first-order chi connectivity index (χ1) is 19.4. The molecular formula is C27H34N8O5. The van der Waals surface area contributed by atoms with E-state index in [9.17, 15) is 14.7 Å². The SMILES string of the molecule is CC(=O)N1CCC(Nc2cc(C(=O)NC[C@H](O)CN3CCc4nc(OCc5cnco5)ccc4C3)ncn2)CC1. The van der Waals surface area contributed by atoms with Gasteiger partial charge in [-0.05, 0) is 18.4 Å². The number of pyridine rings is 1. The molecule has 3 aromatic rings. The highest BCUT2D eigenvalue weighted by Gasteiger charge is 2.23. The third kappa shape index (κ3) is 7.30. The van der Waals surface area contributed by atoms with E-state index in [1.807, 2.05) is 17.0 Å². The Bertz CT molecular complexity index is 1300. The molecule has 0 spiro atoms. The second-order valence-corrected chi connectivity index (χ2v) is 10.1. The fourth-order valence-corrected chi connectivity index (χ4v) is 4.92. The highest BCUT2D eigenvalue weighted by molar-refractivity contribution is 5.92. The number of aliphatic hydroxyl groups excluding tert-OH is 1. The lowest BCUT2D eigenvalue weighted by Crippen LogP contribution is -2.42. The van der Waals surface area contributed by atoms with Crippen molar-refractivity contribution in [1.29, 1.82) is 0 Å². The molecule has 0 bridgehead atoms. The van der Waals surface area contributed by atoms with Crippen molar-refractivity contribution in [2.75, 3.05) is 38.0 Å². The van der Waals surface area contributed by atoms with E-state index in [0.717, 1.165) is 37.1 Å². The molecule has 0 saturated carbocycles. The van der Waals surface area contributed by atoms with Gasteiger partial charge in [0.05, 0.1) is 18.0 Å². The second kappa shape index (κ2) is 12.8. The fraction of sp³-hybridized carbons (Fsp3) is 0.481. The minimum atomic E-state index is -0.742. The summed E-state index contributed by atoms with van der Waals surface area (Å²) in [6.07, 6.45) is 5.94. The van der Waals surface area contributed by atoms with Gasteiger partial charge in [-0.3, -0.25) is 14.5 Å². The summed E-state index contributed by atoms with van der Waals surface area (Å²) in [6, 6.07) is 5.60. The van der Waals surface area contributed by atoms with Crippen molar-refractivity contribution in [3.05, 3.63) is 59.8 Å². The summed E-state index contributed by atoms with van der Waals surface area (Å²) in [4.78, 5) is 45.0. The van der Waals surface area contributed by atoms with Crippen LogP contribution in [0.1, 0.15) is 47.3 Å². The minimum absolute atomic E-state index is 0.0866. The molecule has 5 heterocycles. The van der Waals surface area contributed by atoms with Crippen LogP contribution >= 0.6 is 0 Å². The number of rotatable bonds is 10. The van der Waals surface area contributed by atoms with Gasteiger partial charge in [-0.2, -0.15) is 0 Å². The molecular weight excluding hydrogens is 516 g/mol. The Kier molecular flexibility index (Phi) is 8.81. The molecule has 0 aliphatic carbocycles. The van der Waals surface area contributed by atoms with Crippen molar-refractivity contribution in [2.45, 2.75) is 51.5 Å². The molecule has 1 fully saturated rings. The van der Waals surface area contributed by atoms with Gasteiger partial charge in [-0.1, -0.05) is 6.07 Å². The van der Waals surface area contributed by atoms with Gasteiger partial charge in [-0.25, -0.2) is 19.9 Å². The zero-order valence-corrected chi connectivity index (χ0v) is 22.5. The predicted molar refractivity (Wildman–Crippen MR) is 143 cm³/mol. The number of likely N-dealkylation sites (tertiary alicyclic amines) is 1. The van der Waals surface area contributed by atoms with Gasteiger partial charge in [0, 0.05) is 70.8 Å². The van der Waals surface area contributed by atoms with E-state index in [0.29, 0.717) is 43.6 Å². The number of amides is 2. The number of oxazole rings is 1. The van der Waals surface area contributed by atoms with Crippen LogP contribution < -0.4 is 15.4 Å². The molecule has 212 valence electrons. The molecule has 40 heavy (non-hydrogen) atoms. The van der Waals surface area contributed by atoms with Crippen LogP contribution in [0.2, 0.25) is 0 Å². The van der Waals surface area contributed by atoms with E-state index in [4.69, 9.17) is 9.15 Å². The van der Waals surface area contributed by atoms with Crippen molar-refractivity contribution in [3.8, 4) is 5.88 Å². The number of nitrogens with one attached hydrogen (secondary N) is 2. The first kappa shape index (κ1) is 27.5. The topological polar surface area (TPSA) is 159 Å². The summed E-state index contributed by atoms with van der Waals surface area (Å²) in [5, 5.41) is 16.7. The highest BCUT2D eigenvalue weighted by atomic mass is 16.5. The Balaban J connectivity index is 1.05. The van der Waals surface area contributed by atoms with Crippen LogP contribution in [0.4, 0.5) is 5.82 Å². The number of hydrogen-bond acceptors (Lipinski definition) is 11.